The van der Waals surface area contributed by atoms with Crippen LogP contribution in [-0.2, 0) is 0 Å². The lowest BCUT2D eigenvalue weighted by molar-refractivity contribution is 0.648. The quantitative estimate of drug-likeness (QED) is 0.551. The lowest BCUT2D eigenvalue weighted by Crippen LogP contribution is -2.47. The first-order valence-corrected chi connectivity index (χ1v) is 10.1. The number of nitrogens with one attached hydrogen (secondary N) is 1. The third kappa shape index (κ3) is 3.29. The van der Waals surface area contributed by atoms with Gasteiger partial charge in [-0.05, 0) is 24.6 Å². The maximum Gasteiger partial charge on any atom is 0.161 e. The molecule has 0 saturated carbocycles. The lowest BCUT2D eigenvalue weighted by Gasteiger charge is -2.37. The Morgan fingerprint density at radius 1 is 0.931 bits per heavy atom. The largest absolute Gasteiger partial charge is 0.368 e. The minimum absolute atomic E-state index is 0.766. The van der Waals surface area contributed by atoms with E-state index < -0.39 is 0 Å². The standard InChI is InChI=1S/C22H21ClN6/c1-15-7-8-17(23)13-18(15)28-9-11-29(12-10-28)22-19-20(16-5-3-2-4-6-16)26-27-21(19)24-14-25-22/h2-8,13-14H,9-12H2,1H3,(H,24,25,26,27). The summed E-state index contributed by atoms with van der Waals surface area (Å²) in [5, 5.41) is 9.34. The molecule has 0 spiro atoms. The van der Waals surface area contributed by atoms with Crippen molar-refractivity contribution in [1.82, 2.24) is 20.2 Å². The molecule has 0 atom stereocenters. The second-order valence-electron chi connectivity index (χ2n) is 7.26. The third-order valence-corrected chi connectivity index (χ3v) is 5.71. The van der Waals surface area contributed by atoms with Crippen LogP contribution in [0.2, 0.25) is 5.02 Å². The van der Waals surface area contributed by atoms with Crippen molar-refractivity contribution in [2.75, 3.05) is 36.0 Å². The zero-order valence-electron chi connectivity index (χ0n) is 16.1. The Labute approximate surface area is 174 Å². The van der Waals surface area contributed by atoms with Gasteiger partial charge in [-0.1, -0.05) is 48.0 Å². The summed E-state index contributed by atoms with van der Waals surface area (Å²) in [4.78, 5) is 13.7. The van der Waals surface area contributed by atoms with Crippen molar-refractivity contribution < 1.29 is 0 Å². The number of H-pyrrole nitrogens is 1. The van der Waals surface area contributed by atoms with Crippen molar-refractivity contribution in [1.29, 1.82) is 0 Å². The Bertz CT molecular complexity index is 1150. The Balaban J connectivity index is 1.45. The van der Waals surface area contributed by atoms with Crippen molar-refractivity contribution in [3.63, 3.8) is 0 Å². The molecule has 1 N–H and O–H groups in total. The number of halogens is 1. The lowest BCUT2D eigenvalue weighted by atomic mass is 10.1. The fourth-order valence-corrected chi connectivity index (χ4v) is 4.14. The highest BCUT2D eigenvalue weighted by atomic mass is 35.5. The number of aromatic amines is 1. The minimum atomic E-state index is 0.766. The first-order chi connectivity index (χ1) is 14.2. The van der Waals surface area contributed by atoms with Crippen molar-refractivity contribution in [2.24, 2.45) is 0 Å². The van der Waals surface area contributed by atoms with Crippen LogP contribution < -0.4 is 9.80 Å². The van der Waals surface area contributed by atoms with Crippen LogP contribution >= 0.6 is 11.6 Å². The average Bonchev–Trinajstić information content (AvgIpc) is 3.21. The van der Waals surface area contributed by atoms with Gasteiger partial charge in [0.25, 0.3) is 0 Å². The summed E-state index contributed by atoms with van der Waals surface area (Å²) < 4.78 is 0. The van der Waals surface area contributed by atoms with E-state index in [-0.39, 0.29) is 0 Å². The number of anilines is 2. The van der Waals surface area contributed by atoms with E-state index in [2.05, 4.69) is 61.2 Å². The summed E-state index contributed by atoms with van der Waals surface area (Å²) in [7, 11) is 0. The number of aromatic nitrogens is 4. The van der Waals surface area contributed by atoms with Gasteiger partial charge in [-0.15, -0.1) is 0 Å². The summed E-state index contributed by atoms with van der Waals surface area (Å²) >= 11 is 6.22. The molecular weight excluding hydrogens is 384 g/mol. The van der Waals surface area contributed by atoms with Crippen LogP contribution in [0.5, 0.6) is 0 Å². The predicted molar refractivity (Wildman–Crippen MR) is 118 cm³/mol. The van der Waals surface area contributed by atoms with Gasteiger partial charge >= 0.3 is 0 Å². The van der Waals surface area contributed by atoms with Crippen LogP contribution in [0.1, 0.15) is 5.56 Å². The van der Waals surface area contributed by atoms with Crippen molar-refractivity contribution in [3.8, 4) is 11.3 Å². The van der Waals surface area contributed by atoms with E-state index in [1.54, 1.807) is 6.33 Å². The average molecular weight is 405 g/mol. The van der Waals surface area contributed by atoms with Crippen LogP contribution in [0.4, 0.5) is 11.5 Å². The van der Waals surface area contributed by atoms with Gasteiger partial charge in [0.1, 0.15) is 17.8 Å². The van der Waals surface area contributed by atoms with Crippen molar-refractivity contribution >= 4 is 34.1 Å². The molecule has 1 aliphatic heterocycles. The molecule has 0 amide bonds. The number of rotatable bonds is 3. The summed E-state index contributed by atoms with van der Waals surface area (Å²) in [5.74, 6) is 0.935. The fraction of sp³-hybridized carbons (Fsp3) is 0.227. The molecule has 0 aliphatic carbocycles. The van der Waals surface area contributed by atoms with E-state index in [1.165, 1.54) is 11.3 Å². The topological polar surface area (TPSA) is 60.9 Å². The highest BCUT2D eigenvalue weighted by molar-refractivity contribution is 6.30. The van der Waals surface area contributed by atoms with Crippen LogP contribution in [0, 0.1) is 6.92 Å². The van der Waals surface area contributed by atoms with Crippen LogP contribution in [0.15, 0.2) is 54.9 Å². The highest BCUT2D eigenvalue weighted by Crippen LogP contribution is 2.33. The van der Waals surface area contributed by atoms with E-state index in [1.807, 2.05) is 24.3 Å². The molecule has 5 rings (SSSR count). The SMILES string of the molecule is Cc1ccc(Cl)cc1N1CCN(c2ncnc3[nH]nc(-c4ccccc4)c23)CC1. The van der Waals surface area contributed by atoms with Gasteiger partial charge in [0, 0.05) is 42.5 Å². The van der Waals surface area contributed by atoms with Crippen LogP contribution in [0.3, 0.4) is 0 Å². The molecule has 146 valence electrons. The molecule has 6 nitrogen and oxygen atoms in total. The maximum absolute atomic E-state index is 6.22. The van der Waals surface area contributed by atoms with E-state index in [0.717, 1.165) is 59.3 Å². The Morgan fingerprint density at radius 2 is 1.69 bits per heavy atom. The van der Waals surface area contributed by atoms with E-state index in [9.17, 15) is 0 Å². The van der Waals surface area contributed by atoms with Crippen molar-refractivity contribution in [3.05, 3.63) is 65.4 Å². The van der Waals surface area contributed by atoms with Gasteiger partial charge in [-0.3, -0.25) is 5.10 Å². The van der Waals surface area contributed by atoms with Gasteiger partial charge in [0.15, 0.2) is 5.65 Å². The summed E-state index contributed by atoms with van der Waals surface area (Å²) in [6.07, 6.45) is 1.61. The van der Waals surface area contributed by atoms with E-state index in [0.29, 0.717) is 0 Å². The number of benzene rings is 2. The highest BCUT2D eigenvalue weighted by Gasteiger charge is 2.23. The molecule has 4 aromatic rings. The van der Waals surface area contributed by atoms with E-state index >= 15 is 0 Å². The molecule has 1 aliphatic rings. The Hall–Kier alpha value is -3.12. The smallest absolute Gasteiger partial charge is 0.161 e. The number of hydrogen-bond donors (Lipinski definition) is 1. The van der Waals surface area contributed by atoms with Crippen LogP contribution in [0.25, 0.3) is 22.3 Å². The monoisotopic (exact) mass is 404 g/mol. The molecule has 0 bridgehead atoms. The van der Waals surface area contributed by atoms with Crippen LogP contribution in [-0.4, -0.2) is 46.3 Å². The van der Waals surface area contributed by atoms with Gasteiger partial charge in [0.05, 0.1) is 5.39 Å². The summed E-state index contributed by atoms with van der Waals surface area (Å²) in [6, 6.07) is 16.2. The molecule has 0 radical (unpaired) electrons. The number of fused-ring (bicyclic) bond motifs is 1. The summed E-state index contributed by atoms with van der Waals surface area (Å²) in [6.45, 7) is 5.69. The first-order valence-electron chi connectivity index (χ1n) is 9.71. The third-order valence-electron chi connectivity index (χ3n) is 5.48. The maximum atomic E-state index is 6.22. The Morgan fingerprint density at radius 3 is 2.48 bits per heavy atom. The molecule has 29 heavy (non-hydrogen) atoms. The van der Waals surface area contributed by atoms with E-state index in [4.69, 9.17) is 11.6 Å². The number of piperazine rings is 1. The molecule has 3 heterocycles. The predicted octanol–water partition coefficient (Wildman–Crippen LogP) is 4.31. The molecule has 1 saturated heterocycles. The van der Waals surface area contributed by atoms with Gasteiger partial charge in [0.2, 0.25) is 0 Å². The van der Waals surface area contributed by atoms with Gasteiger partial charge in [-0.25, -0.2) is 9.97 Å². The van der Waals surface area contributed by atoms with Gasteiger partial charge in [-0.2, -0.15) is 5.10 Å². The molecular formula is C22H21ClN6. The molecule has 7 heteroatoms. The number of aryl methyl sites for hydroxylation is 1. The molecule has 1 fully saturated rings. The fourth-order valence-electron chi connectivity index (χ4n) is 3.97. The second kappa shape index (κ2) is 7.37. The zero-order chi connectivity index (χ0) is 19.8. The zero-order valence-corrected chi connectivity index (χ0v) is 16.9. The second-order valence-corrected chi connectivity index (χ2v) is 7.70. The first kappa shape index (κ1) is 17.9. The number of hydrogen-bond acceptors (Lipinski definition) is 5. The van der Waals surface area contributed by atoms with Crippen molar-refractivity contribution in [2.45, 2.75) is 6.92 Å². The minimum Gasteiger partial charge on any atom is -0.368 e. The Kier molecular flexibility index (Phi) is 4.56. The summed E-state index contributed by atoms with van der Waals surface area (Å²) in [5.41, 5.74) is 5.17. The molecule has 0 unspecified atom stereocenters. The molecule has 2 aromatic carbocycles. The number of nitrogens with zero attached hydrogens (tertiary/aromatic N) is 5. The normalized spacial score (nSPS) is 14.6. The molecule has 2 aromatic heterocycles. The van der Waals surface area contributed by atoms with Gasteiger partial charge < -0.3 is 9.80 Å².